The van der Waals surface area contributed by atoms with Gasteiger partial charge in [-0.1, -0.05) is 25.6 Å². The fourth-order valence-electron chi connectivity index (χ4n) is 1.13. The van der Waals surface area contributed by atoms with Crippen LogP contribution in [0.3, 0.4) is 0 Å². The molecule has 0 saturated carbocycles. The van der Waals surface area contributed by atoms with Gasteiger partial charge in [0.15, 0.2) is 5.78 Å². The van der Waals surface area contributed by atoms with Crippen LogP contribution in [0.4, 0.5) is 4.39 Å². The minimum atomic E-state index is -1.44. The fraction of sp³-hybridized carbons (Fsp3) is 0.308. The summed E-state index contributed by atoms with van der Waals surface area (Å²) < 4.78 is 13.2. The van der Waals surface area contributed by atoms with Crippen molar-refractivity contribution in [3.05, 3.63) is 35.1 Å². The molecule has 0 atom stereocenters. The lowest BCUT2D eigenvalue weighted by atomic mass is 10.1. The molecule has 0 saturated heterocycles. The van der Waals surface area contributed by atoms with E-state index >= 15 is 0 Å². The third kappa shape index (κ3) is 3.63. The van der Waals surface area contributed by atoms with Gasteiger partial charge in [-0.25, -0.2) is 4.39 Å². The molecule has 1 aromatic rings. The van der Waals surface area contributed by atoms with Gasteiger partial charge in [-0.05, 0) is 25.1 Å². The van der Waals surface area contributed by atoms with Gasteiger partial charge in [0, 0.05) is 5.56 Å². The summed E-state index contributed by atoms with van der Waals surface area (Å²) in [6.45, 7) is 7.76. The summed E-state index contributed by atoms with van der Waals surface area (Å²) in [4.78, 5) is 11.1. The predicted octanol–water partition coefficient (Wildman–Crippen LogP) is 3.26. The van der Waals surface area contributed by atoms with E-state index in [1.54, 1.807) is 6.07 Å². The van der Waals surface area contributed by atoms with Gasteiger partial charge in [0.05, 0.1) is 5.56 Å². The summed E-state index contributed by atoms with van der Waals surface area (Å²) in [5.74, 6) is 2.25. The molecule has 0 heterocycles. The largest absolute Gasteiger partial charge is 0.294 e. The Balaban J connectivity index is 3.13. The Morgan fingerprint density at radius 2 is 1.94 bits per heavy atom. The van der Waals surface area contributed by atoms with Crippen LogP contribution in [0.1, 0.15) is 22.8 Å². The van der Waals surface area contributed by atoms with Gasteiger partial charge in [-0.3, -0.25) is 4.79 Å². The lowest BCUT2D eigenvalue weighted by Crippen LogP contribution is -2.16. The van der Waals surface area contributed by atoms with E-state index in [0.29, 0.717) is 5.56 Å². The molecule has 3 heteroatoms. The quantitative estimate of drug-likeness (QED) is 0.414. The van der Waals surface area contributed by atoms with Gasteiger partial charge in [0.1, 0.15) is 13.9 Å². The molecule has 0 bridgehead atoms. The maximum Gasteiger partial charge on any atom is 0.162 e. The first-order chi connectivity index (χ1) is 7.29. The van der Waals surface area contributed by atoms with Crippen molar-refractivity contribution in [2.45, 2.75) is 26.6 Å². The number of halogens is 1. The highest BCUT2D eigenvalue weighted by atomic mass is 28.3. The smallest absolute Gasteiger partial charge is 0.162 e. The standard InChI is InChI=1S/C13H15FOSi/c1-10(15)12-9-11(5-6-13(12)14)7-8-16(2,3)4/h5-6,9H,1-4H3. The van der Waals surface area contributed by atoms with E-state index in [1.165, 1.54) is 19.1 Å². The first-order valence-electron chi connectivity index (χ1n) is 5.13. The van der Waals surface area contributed by atoms with Crippen molar-refractivity contribution < 1.29 is 9.18 Å². The molecule has 0 aliphatic heterocycles. The Bertz CT molecular complexity index is 475. The second-order valence-corrected chi connectivity index (χ2v) is 9.50. The molecule has 1 nitrogen and oxygen atoms in total. The summed E-state index contributed by atoms with van der Waals surface area (Å²) in [6, 6.07) is 4.42. The van der Waals surface area contributed by atoms with Crippen LogP contribution in [0.2, 0.25) is 19.6 Å². The van der Waals surface area contributed by atoms with Crippen LogP contribution < -0.4 is 0 Å². The summed E-state index contributed by atoms with van der Waals surface area (Å²) in [5, 5.41) is 0. The molecule has 0 radical (unpaired) electrons. The first-order valence-corrected chi connectivity index (χ1v) is 8.63. The molecule has 0 aromatic heterocycles. The summed E-state index contributed by atoms with van der Waals surface area (Å²) in [6.07, 6.45) is 0. The summed E-state index contributed by atoms with van der Waals surface area (Å²) >= 11 is 0. The molecule has 0 spiro atoms. The Morgan fingerprint density at radius 3 is 2.44 bits per heavy atom. The average Bonchev–Trinajstić information content (AvgIpc) is 2.14. The zero-order valence-electron chi connectivity index (χ0n) is 10.0. The summed E-state index contributed by atoms with van der Waals surface area (Å²) in [5.41, 5.74) is 4.00. The zero-order chi connectivity index (χ0) is 12.3. The number of hydrogen-bond donors (Lipinski definition) is 0. The van der Waals surface area contributed by atoms with Crippen LogP contribution in [0, 0.1) is 17.3 Å². The third-order valence-corrected chi connectivity index (χ3v) is 2.80. The lowest BCUT2D eigenvalue weighted by Gasteiger charge is -2.04. The van der Waals surface area contributed by atoms with Gasteiger partial charge in [-0.2, -0.15) is 0 Å². The highest BCUT2D eigenvalue weighted by Crippen LogP contribution is 2.11. The zero-order valence-corrected chi connectivity index (χ0v) is 11.0. The van der Waals surface area contributed by atoms with E-state index in [-0.39, 0.29) is 11.3 Å². The molecule has 0 aliphatic rings. The van der Waals surface area contributed by atoms with E-state index in [2.05, 4.69) is 31.1 Å². The summed E-state index contributed by atoms with van der Waals surface area (Å²) in [7, 11) is -1.44. The van der Waals surface area contributed by atoms with E-state index in [1.807, 2.05) is 0 Å². The average molecular weight is 234 g/mol. The maximum absolute atomic E-state index is 13.2. The predicted molar refractivity (Wildman–Crippen MR) is 66.6 cm³/mol. The van der Waals surface area contributed by atoms with Crippen molar-refractivity contribution in [3.8, 4) is 11.5 Å². The Labute approximate surface area is 96.7 Å². The first kappa shape index (κ1) is 12.7. The molecule has 0 amide bonds. The van der Waals surface area contributed by atoms with Crippen LogP contribution in [-0.4, -0.2) is 13.9 Å². The van der Waals surface area contributed by atoms with Gasteiger partial charge >= 0.3 is 0 Å². The molecule has 1 rings (SSSR count). The van der Waals surface area contributed by atoms with Crippen LogP contribution in [0.25, 0.3) is 0 Å². The second kappa shape index (κ2) is 4.63. The van der Waals surface area contributed by atoms with Crippen molar-refractivity contribution in [2.75, 3.05) is 0 Å². The van der Waals surface area contributed by atoms with Crippen LogP contribution in [0.5, 0.6) is 0 Å². The van der Waals surface area contributed by atoms with Crippen molar-refractivity contribution in [1.29, 1.82) is 0 Å². The topological polar surface area (TPSA) is 17.1 Å². The molecule has 0 aliphatic carbocycles. The number of carbonyl (C=O) groups is 1. The molecule has 16 heavy (non-hydrogen) atoms. The van der Waals surface area contributed by atoms with E-state index in [0.717, 1.165) is 0 Å². The monoisotopic (exact) mass is 234 g/mol. The minimum absolute atomic E-state index is 0.113. The lowest BCUT2D eigenvalue weighted by molar-refractivity contribution is 0.101. The number of carbonyl (C=O) groups excluding carboxylic acids is 1. The normalized spacial score (nSPS) is 10.6. The number of rotatable bonds is 1. The van der Waals surface area contributed by atoms with Crippen LogP contribution in [0.15, 0.2) is 18.2 Å². The minimum Gasteiger partial charge on any atom is -0.294 e. The number of Topliss-reactive ketones (excluding diaryl/α,β-unsaturated/α-hetero) is 1. The van der Waals surface area contributed by atoms with Crippen molar-refractivity contribution in [2.24, 2.45) is 0 Å². The molecular weight excluding hydrogens is 219 g/mol. The Morgan fingerprint density at radius 1 is 1.31 bits per heavy atom. The van der Waals surface area contributed by atoms with Crippen LogP contribution in [-0.2, 0) is 0 Å². The number of benzene rings is 1. The molecule has 0 N–H and O–H groups in total. The SMILES string of the molecule is CC(=O)c1cc(C#C[Si](C)(C)C)ccc1F. The Hall–Kier alpha value is -1.40. The molecular formula is C13H15FOSi. The van der Waals surface area contributed by atoms with Gasteiger partial charge < -0.3 is 0 Å². The van der Waals surface area contributed by atoms with Crippen LogP contribution >= 0.6 is 0 Å². The molecule has 0 unspecified atom stereocenters. The highest BCUT2D eigenvalue weighted by Gasteiger charge is 2.09. The van der Waals surface area contributed by atoms with E-state index in [9.17, 15) is 9.18 Å². The molecule has 84 valence electrons. The van der Waals surface area contributed by atoms with Gasteiger partial charge in [-0.15, -0.1) is 5.54 Å². The fourth-order valence-corrected chi connectivity index (χ4v) is 1.65. The van der Waals surface area contributed by atoms with Crippen molar-refractivity contribution >= 4 is 13.9 Å². The van der Waals surface area contributed by atoms with E-state index in [4.69, 9.17) is 0 Å². The van der Waals surface area contributed by atoms with Gasteiger partial charge in [0.2, 0.25) is 0 Å². The van der Waals surface area contributed by atoms with Crippen molar-refractivity contribution in [1.82, 2.24) is 0 Å². The van der Waals surface area contributed by atoms with Gasteiger partial charge in [0.25, 0.3) is 0 Å². The number of ketones is 1. The van der Waals surface area contributed by atoms with Crippen molar-refractivity contribution in [3.63, 3.8) is 0 Å². The Kier molecular flexibility index (Phi) is 3.66. The highest BCUT2D eigenvalue weighted by molar-refractivity contribution is 6.83. The molecule has 1 aromatic carbocycles. The molecule has 0 fully saturated rings. The third-order valence-electron chi connectivity index (χ3n) is 1.93. The second-order valence-electron chi connectivity index (χ2n) is 4.75. The number of hydrogen-bond acceptors (Lipinski definition) is 1. The van der Waals surface area contributed by atoms with E-state index < -0.39 is 13.9 Å². The maximum atomic E-state index is 13.2.